The van der Waals surface area contributed by atoms with Gasteiger partial charge in [0.15, 0.2) is 0 Å². The van der Waals surface area contributed by atoms with Crippen molar-refractivity contribution in [3.05, 3.63) is 48.7 Å². The first kappa shape index (κ1) is 13.5. The Kier molecular flexibility index (Phi) is 3.08. The zero-order chi connectivity index (χ0) is 15.0. The number of para-hydroxylation sites is 2. The molecule has 0 saturated heterocycles. The molecule has 0 unspecified atom stereocenters. The largest absolute Gasteiger partial charge is 0.398 e. The number of nitrogens with two attached hydrogens (primary N) is 2. The average Bonchev–Trinajstić information content (AvgIpc) is 2.45. The Labute approximate surface area is 121 Å². The summed E-state index contributed by atoms with van der Waals surface area (Å²) in [5, 5.41) is 5.24. The Balaban J connectivity index is 2.32. The number of aromatic nitrogens is 2. The van der Waals surface area contributed by atoms with Crippen LogP contribution in [0.1, 0.15) is 0 Å². The third kappa shape index (κ3) is 2.44. The second-order valence-corrected chi connectivity index (χ2v) is 6.04. The van der Waals surface area contributed by atoms with Crippen LogP contribution in [-0.2, 0) is 10.0 Å². The second-order valence-electron chi connectivity index (χ2n) is 4.51. The van der Waals surface area contributed by atoms with Crippen molar-refractivity contribution >= 4 is 26.7 Å². The van der Waals surface area contributed by atoms with Gasteiger partial charge in [-0.3, -0.25) is 4.98 Å². The number of rotatable bonds is 2. The van der Waals surface area contributed by atoms with Crippen LogP contribution in [0, 0.1) is 0 Å². The minimum atomic E-state index is -3.91. The minimum Gasteiger partial charge on any atom is -0.398 e. The summed E-state index contributed by atoms with van der Waals surface area (Å²) in [6.07, 6.45) is 1.49. The van der Waals surface area contributed by atoms with Gasteiger partial charge in [-0.2, -0.15) is 0 Å². The molecule has 7 heteroatoms. The van der Waals surface area contributed by atoms with Crippen molar-refractivity contribution in [1.82, 2.24) is 9.97 Å². The molecule has 0 fully saturated rings. The lowest BCUT2D eigenvalue weighted by atomic mass is 10.1. The van der Waals surface area contributed by atoms with Crippen LogP contribution in [0.2, 0.25) is 0 Å². The molecule has 0 aliphatic rings. The van der Waals surface area contributed by atoms with E-state index in [1.807, 2.05) is 18.2 Å². The molecule has 3 rings (SSSR count). The van der Waals surface area contributed by atoms with E-state index in [0.717, 1.165) is 0 Å². The first-order chi connectivity index (χ1) is 9.97. The van der Waals surface area contributed by atoms with Crippen LogP contribution in [0.25, 0.3) is 22.3 Å². The van der Waals surface area contributed by atoms with E-state index >= 15 is 0 Å². The lowest BCUT2D eigenvalue weighted by molar-refractivity contribution is 0.598. The summed E-state index contributed by atoms with van der Waals surface area (Å²) in [6, 6.07) is 11.8. The molecule has 0 atom stereocenters. The Morgan fingerprint density at radius 2 is 1.67 bits per heavy atom. The first-order valence-corrected chi connectivity index (χ1v) is 7.65. The quantitative estimate of drug-likeness (QED) is 0.697. The fourth-order valence-corrected chi connectivity index (χ4v) is 2.91. The molecule has 2 aromatic carbocycles. The van der Waals surface area contributed by atoms with Gasteiger partial charge in [0, 0.05) is 11.3 Å². The molecule has 3 aromatic rings. The van der Waals surface area contributed by atoms with E-state index in [4.69, 9.17) is 10.9 Å². The smallest absolute Gasteiger partial charge is 0.238 e. The molecule has 0 radical (unpaired) electrons. The van der Waals surface area contributed by atoms with E-state index in [0.29, 0.717) is 16.7 Å². The molecule has 1 aromatic heterocycles. The molecular formula is C14H12N4O2S. The van der Waals surface area contributed by atoms with Gasteiger partial charge in [0.05, 0.1) is 27.8 Å². The van der Waals surface area contributed by atoms with Crippen LogP contribution >= 0.6 is 0 Å². The number of primary sulfonamides is 1. The number of benzene rings is 2. The predicted octanol–water partition coefficient (Wildman–Crippen LogP) is 1.53. The molecule has 0 aliphatic carbocycles. The Bertz CT molecular complexity index is 939. The van der Waals surface area contributed by atoms with Gasteiger partial charge in [-0.15, -0.1) is 0 Å². The van der Waals surface area contributed by atoms with Crippen molar-refractivity contribution < 1.29 is 8.42 Å². The van der Waals surface area contributed by atoms with Crippen LogP contribution in [0.15, 0.2) is 53.6 Å². The maximum absolute atomic E-state index is 11.7. The Morgan fingerprint density at radius 3 is 2.38 bits per heavy atom. The zero-order valence-corrected chi connectivity index (χ0v) is 11.7. The summed E-state index contributed by atoms with van der Waals surface area (Å²) in [6.45, 7) is 0. The maximum atomic E-state index is 11.7. The molecule has 0 saturated carbocycles. The molecule has 106 valence electrons. The number of nitrogens with zero attached hydrogens (tertiary/aromatic N) is 2. The lowest BCUT2D eigenvalue weighted by Crippen LogP contribution is -2.14. The van der Waals surface area contributed by atoms with Crippen LogP contribution < -0.4 is 10.9 Å². The second kappa shape index (κ2) is 4.80. The van der Waals surface area contributed by atoms with Crippen LogP contribution in [-0.4, -0.2) is 18.4 Å². The summed E-state index contributed by atoms with van der Waals surface area (Å²) in [5.41, 5.74) is 8.20. The van der Waals surface area contributed by atoms with E-state index in [1.54, 1.807) is 12.1 Å². The summed E-state index contributed by atoms with van der Waals surface area (Å²) in [7, 11) is -3.91. The van der Waals surface area contributed by atoms with Crippen molar-refractivity contribution in [2.24, 2.45) is 5.14 Å². The van der Waals surface area contributed by atoms with Crippen LogP contribution in [0.4, 0.5) is 5.69 Å². The number of fused-ring (bicyclic) bond motifs is 1. The predicted molar refractivity (Wildman–Crippen MR) is 80.8 cm³/mol. The summed E-state index contributed by atoms with van der Waals surface area (Å²) < 4.78 is 23.4. The van der Waals surface area contributed by atoms with Crippen molar-refractivity contribution in [3.8, 4) is 11.3 Å². The van der Waals surface area contributed by atoms with Gasteiger partial charge < -0.3 is 5.73 Å². The van der Waals surface area contributed by atoms with Crippen LogP contribution in [0.5, 0.6) is 0 Å². The van der Waals surface area contributed by atoms with Gasteiger partial charge in [-0.25, -0.2) is 18.5 Å². The standard InChI is InChI=1S/C14H12N4O2S/c15-9-4-3-7-13(21(16,19)20)14(9)12-8-17-10-5-1-2-6-11(10)18-12/h1-8H,15H2,(H2,16,19,20). The highest BCUT2D eigenvalue weighted by Crippen LogP contribution is 2.31. The van der Waals surface area contributed by atoms with Gasteiger partial charge in [-0.1, -0.05) is 18.2 Å². The fraction of sp³-hybridized carbons (Fsp3) is 0. The monoisotopic (exact) mass is 300 g/mol. The highest BCUT2D eigenvalue weighted by atomic mass is 32.2. The van der Waals surface area contributed by atoms with E-state index in [9.17, 15) is 8.42 Å². The lowest BCUT2D eigenvalue weighted by Gasteiger charge is -2.10. The third-order valence-corrected chi connectivity index (χ3v) is 4.02. The number of hydrogen-bond donors (Lipinski definition) is 2. The molecule has 21 heavy (non-hydrogen) atoms. The van der Waals surface area contributed by atoms with Crippen LogP contribution in [0.3, 0.4) is 0 Å². The van der Waals surface area contributed by atoms with Crippen molar-refractivity contribution in [2.75, 3.05) is 5.73 Å². The highest BCUT2D eigenvalue weighted by Gasteiger charge is 2.19. The zero-order valence-electron chi connectivity index (χ0n) is 10.9. The van der Waals surface area contributed by atoms with E-state index < -0.39 is 10.0 Å². The van der Waals surface area contributed by atoms with Crippen molar-refractivity contribution in [3.63, 3.8) is 0 Å². The first-order valence-electron chi connectivity index (χ1n) is 6.10. The Hall–Kier alpha value is -2.51. The van der Waals surface area contributed by atoms with Gasteiger partial charge in [0.25, 0.3) is 0 Å². The normalized spacial score (nSPS) is 11.7. The fourth-order valence-electron chi connectivity index (χ4n) is 2.14. The molecule has 0 aliphatic heterocycles. The minimum absolute atomic E-state index is 0.0629. The maximum Gasteiger partial charge on any atom is 0.238 e. The SMILES string of the molecule is Nc1cccc(S(N)(=O)=O)c1-c1cnc2ccccc2n1. The van der Waals surface area contributed by atoms with Gasteiger partial charge >= 0.3 is 0 Å². The van der Waals surface area contributed by atoms with E-state index in [1.165, 1.54) is 18.3 Å². The average molecular weight is 300 g/mol. The molecule has 6 nitrogen and oxygen atoms in total. The molecule has 0 amide bonds. The van der Waals surface area contributed by atoms with Crippen molar-refractivity contribution in [2.45, 2.75) is 4.90 Å². The van der Waals surface area contributed by atoms with Gasteiger partial charge in [0.2, 0.25) is 10.0 Å². The summed E-state index contributed by atoms with van der Waals surface area (Å²) in [5.74, 6) is 0. The van der Waals surface area contributed by atoms with Gasteiger partial charge in [-0.05, 0) is 24.3 Å². The number of anilines is 1. The topological polar surface area (TPSA) is 112 Å². The Morgan fingerprint density at radius 1 is 0.952 bits per heavy atom. The third-order valence-electron chi connectivity index (χ3n) is 3.07. The number of sulfonamides is 1. The number of nitrogen functional groups attached to an aromatic ring is 1. The molecule has 1 heterocycles. The molecule has 4 N–H and O–H groups in total. The molecular weight excluding hydrogens is 288 g/mol. The molecule has 0 bridgehead atoms. The van der Waals surface area contributed by atoms with Crippen molar-refractivity contribution in [1.29, 1.82) is 0 Å². The summed E-state index contributed by atoms with van der Waals surface area (Å²) in [4.78, 5) is 8.62. The number of hydrogen-bond acceptors (Lipinski definition) is 5. The van der Waals surface area contributed by atoms with Gasteiger partial charge in [0.1, 0.15) is 0 Å². The highest BCUT2D eigenvalue weighted by molar-refractivity contribution is 7.89. The summed E-state index contributed by atoms with van der Waals surface area (Å²) >= 11 is 0. The van der Waals surface area contributed by atoms with E-state index in [-0.39, 0.29) is 16.1 Å². The molecule has 0 spiro atoms. The van der Waals surface area contributed by atoms with E-state index in [2.05, 4.69) is 9.97 Å².